The highest BCUT2D eigenvalue weighted by Crippen LogP contribution is 2.16. The molecule has 0 aromatic rings. The van der Waals surface area contributed by atoms with E-state index in [0.717, 1.165) is 109 Å². The SMILES string of the molecule is CC\C=C/C=C\C=C/C=C\C=C/CCCCCC(=O)OCC(COC(=O)CCCCCCCC/C=C\C/C=C\C/C=C\C/C=C\CC)OC(=O)CCCCCCCCCCCCCCCCCCC. The van der Waals surface area contributed by atoms with Crippen LogP contribution in [-0.2, 0) is 28.6 Å². The van der Waals surface area contributed by atoms with Crippen LogP contribution in [0.5, 0.6) is 0 Å². The minimum absolute atomic E-state index is 0.0994. The molecule has 0 heterocycles. The molecule has 0 spiro atoms. The Kier molecular flexibility index (Phi) is 53.4. The van der Waals surface area contributed by atoms with Crippen molar-refractivity contribution in [2.24, 2.45) is 0 Å². The number of ether oxygens (including phenoxy) is 3. The first-order valence-electron chi connectivity index (χ1n) is 28.5. The van der Waals surface area contributed by atoms with Crippen LogP contribution >= 0.6 is 0 Å². The van der Waals surface area contributed by atoms with Crippen LogP contribution in [0.2, 0.25) is 0 Å². The van der Waals surface area contributed by atoms with Gasteiger partial charge in [-0.2, -0.15) is 0 Å². The van der Waals surface area contributed by atoms with E-state index < -0.39 is 6.10 Å². The van der Waals surface area contributed by atoms with E-state index in [1.54, 1.807) is 0 Å². The van der Waals surface area contributed by atoms with Gasteiger partial charge in [-0.3, -0.25) is 14.4 Å². The van der Waals surface area contributed by atoms with Gasteiger partial charge in [0, 0.05) is 19.3 Å². The van der Waals surface area contributed by atoms with Crippen LogP contribution in [0.1, 0.15) is 252 Å². The van der Waals surface area contributed by atoms with Gasteiger partial charge in [-0.15, -0.1) is 0 Å². The van der Waals surface area contributed by atoms with E-state index in [1.165, 1.54) is 103 Å². The first-order chi connectivity index (χ1) is 34.0. The third-order valence-electron chi connectivity index (χ3n) is 11.9. The van der Waals surface area contributed by atoms with E-state index >= 15 is 0 Å². The van der Waals surface area contributed by atoms with Gasteiger partial charge in [-0.25, -0.2) is 0 Å². The van der Waals surface area contributed by atoms with E-state index in [9.17, 15) is 14.4 Å². The average molecular weight is 958 g/mol. The summed E-state index contributed by atoms with van der Waals surface area (Å²) >= 11 is 0. The van der Waals surface area contributed by atoms with Crippen molar-refractivity contribution in [3.8, 4) is 0 Å². The van der Waals surface area contributed by atoms with Crippen LogP contribution in [0.25, 0.3) is 0 Å². The Balaban J connectivity index is 4.47. The Morgan fingerprint density at radius 1 is 0.319 bits per heavy atom. The fourth-order valence-corrected chi connectivity index (χ4v) is 7.69. The van der Waals surface area contributed by atoms with Crippen LogP contribution in [0.4, 0.5) is 0 Å². The maximum Gasteiger partial charge on any atom is 0.306 e. The molecule has 0 aromatic carbocycles. The van der Waals surface area contributed by atoms with Crippen molar-refractivity contribution in [1.82, 2.24) is 0 Å². The molecule has 6 heteroatoms. The lowest BCUT2D eigenvalue weighted by Gasteiger charge is -2.18. The molecule has 1 atom stereocenters. The van der Waals surface area contributed by atoms with Gasteiger partial charge in [0.05, 0.1) is 0 Å². The van der Waals surface area contributed by atoms with Crippen molar-refractivity contribution < 1.29 is 28.6 Å². The van der Waals surface area contributed by atoms with E-state index in [4.69, 9.17) is 14.2 Å². The van der Waals surface area contributed by atoms with Gasteiger partial charge in [0.1, 0.15) is 13.2 Å². The molecule has 1 unspecified atom stereocenters. The number of hydrogen-bond acceptors (Lipinski definition) is 6. The summed E-state index contributed by atoms with van der Waals surface area (Å²) in [5.41, 5.74) is 0. The Labute approximate surface area is 425 Å². The molecule has 0 fully saturated rings. The van der Waals surface area contributed by atoms with Crippen molar-refractivity contribution in [3.63, 3.8) is 0 Å². The topological polar surface area (TPSA) is 78.9 Å². The van der Waals surface area contributed by atoms with Gasteiger partial charge in [-0.1, -0.05) is 265 Å². The molecular weight excluding hydrogens is 853 g/mol. The zero-order valence-electron chi connectivity index (χ0n) is 44.8. The van der Waals surface area contributed by atoms with E-state index in [2.05, 4.69) is 81.5 Å². The van der Waals surface area contributed by atoms with Gasteiger partial charge in [0.25, 0.3) is 0 Å². The predicted octanol–water partition coefficient (Wildman–Crippen LogP) is 19.1. The smallest absolute Gasteiger partial charge is 0.306 e. The van der Waals surface area contributed by atoms with Crippen molar-refractivity contribution >= 4 is 17.9 Å². The Morgan fingerprint density at radius 2 is 0.638 bits per heavy atom. The second-order valence-corrected chi connectivity index (χ2v) is 18.6. The lowest BCUT2D eigenvalue weighted by molar-refractivity contribution is -0.167. The fraction of sp³-hybridized carbons (Fsp3) is 0.667. The minimum Gasteiger partial charge on any atom is -0.462 e. The molecule has 0 N–H and O–H groups in total. The maximum absolute atomic E-state index is 12.9. The van der Waals surface area contributed by atoms with Crippen molar-refractivity contribution in [3.05, 3.63) is 109 Å². The number of hydrogen-bond donors (Lipinski definition) is 0. The number of esters is 3. The van der Waals surface area contributed by atoms with E-state index in [0.29, 0.717) is 19.3 Å². The van der Waals surface area contributed by atoms with Gasteiger partial charge in [0.2, 0.25) is 0 Å². The zero-order valence-corrected chi connectivity index (χ0v) is 44.8. The summed E-state index contributed by atoms with van der Waals surface area (Å²) in [7, 11) is 0. The molecule has 392 valence electrons. The molecule has 0 saturated carbocycles. The molecule has 0 rings (SSSR count). The quantitative estimate of drug-likeness (QED) is 0.0199. The molecular formula is C63H104O6. The molecule has 0 bridgehead atoms. The van der Waals surface area contributed by atoms with Crippen LogP contribution < -0.4 is 0 Å². The number of carbonyl (C=O) groups is 3. The molecule has 0 aliphatic rings. The third-order valence-corrected chi connectivity index (χ3v) is 11.9. The molecule has 0 saturated heterocycles. The highest BCUT2D eigenvalue weighted by atomic mass is 16.6. The molecule has 0 amide bonds. The van der Waals surface area contributed by atoms with Crippen molar-refractivity contribution in [2.75, 3.05) is 13.2 Å². The Hall–Kier alpha value is -3.93. The summed E-state index contributed by atoms with van der Waals surface area (Å²) in [6, 6.07) is 0. The lowest BCUT2D eigenvalue weighted by atomic mass is 10.0. The molecule has 0 radical (unpaired) electrons. The Bertz CT molecular complexity index is 1420. The monoisotopic (exact) mass is 957 g/mol. The molecule has 6 nitrogen and oxygen atoms in total. The van der Waals surface area contributed by atoms with Gasteiger partial charge >= 0.3 is 17.9 Å². The second-order valence-electron chi connectivity index (χ2n) is 18.6. The van der Waals surface area contributed by atoms with Crippen LogP contribution in [0, 0.1) is 0 Å². The standard InChI is InChI=1S/C63H104O6/c1-4-7-10-13-16-19-22-25-28-30-31-33-35-38-41-44-47-50-53-56-62(65)68-59-60(58-67-61(64)55-52-49-46-43-40-37-34-27-24-21-18-15-12-9-6-3)69-63(66)57-54-51-48-45-42-39-36-32-29-26-23-20-17-14-11-8-5-2/h7,9-10,12,15-16,18-19,21,24-25,27-28,31,33-34,37,40,60H,4-6,8,11,13-14,17,20,22-23,26,29-30,32,35-36,38-39,41-59H2,1-3H3/b10-7-,12-9-,18-15-,19-16-,24-21-,28-25-,33-31-,34-27-,40-37-. The highest BCUT2D eigenvalue weighted by Gasteiger charge is 2.19. The number of unbranched alkanes of at least 4 members (excludes halogenated alkanes) is 25. The average Bonchev–Trinajstić information content (AvgIpc) is 3.35. The van der Waals surface area contributed by atoms with Crippen LogP contribution in [-0.4, -0.2) is 37.2 Å². The van der Waals surface area contributed by atoms with Crippen molar-refractivity contribution in [2.45, 2.75) is 258 Å². The molecule has 0 aliphatic carbocycles. The first-order valence-corrected chi connectivity index (χ1v) is 28.5. The number of carbonyl (C=O) groups excluding carboxylic acids is 3. The third kappa shape index (κ3) is 54.9. The summed E-state index contributed by atoms with van der Waals surface area (Å²) < 4.78 is 16.8. The van der Waals surface area contributed by atoms with Crippen LogP contribution in [0.15, 0.2) is 109 Å². The molecule has 69 heavy (non-hydrogen) atoms. The van der Waals surface area contributed by atoms with Gasteiger partial charge in [-0.05, 0) is 77.0 Å². The van der Waals surface area contributed by atoms with E-state index in [-0.39, 0.29) is 31.1 Å². The number of rotatable bonds is 50. The zero-order chi connectivity index (χ0) is 50.0. The maximum atomic E-state index is 12.9. The lowest BCUT2D eigenvalue weighted by Crippen LogP contribution is -2.30. The summed E-state index contributed by atoms with van der Waals surface area (Å²) in [5.74, 6) is -0.951. The summed E-state index contributed by atoms with van der Waals surface area (Å²) in [5, 5.41) is 0. The van der Waals surface area contributed by atoms with Crippen LogP contribution in [0.3, 0.4) is 0 Å². The Morgan fingerprint density at radius 3 is 1.07 bits per heavy atom. The fourth-order valence-electron chi connectivity index (χ4n) is 7.69. The highest BCUT2D eigenvalue weighted by molar-refractivity contribution is 5.71. The van der Waals surface area contributed by atoms with Gasteiger partial charge in [0.15, 0.2) is 6.10 Å². The minimum atomic E-state index is -0.802. The second kappa shape index (κ2) is 56.7. The summed E-state index contributed by atoms with van der Waals surface area (Å²) in [4.78, 5) is 38.2. The molecule has 0 aliphatic heterocycles. The normalized spacial score (nSPS) is 12.9. The van der Waals surface area contributed by atoms with Gasteiger partial charge < -0.3 is 14.2 Å². The van der Waals surface area contributed by atoms with E-state index in [1.807, 2.05) is 48.6 Å². The predicted molar refractivity (Wildman–Crippen MR) is 297 cm³/mol. The number of allylic oxidation sites excluding steroid dienone is 18. The first kappa shape index (κ1) is 65.1. The summed E-state index contributed by atoms with van der Waals surface area (Å²) in [6.07, 6.45) is 76.5. The summed E-state index contributed by atoms with van der Waals surface area (Å²) in [6.45, 7) is 6.35. The largest absolute Gasteiger partial charge is 0.462 e. The molecule has 0 aromatic heterocycles. The van der Waals surface area contributed by atoms with Crippen molar-refractivity contribution in [1.29, 1.82) is 0 Å².